The van der Waals surface area contributed by atoms with Crippen LogP contribution in [-0.4, -0.2) is 129 Å². The average Bonchev–Trinajstić information content (AvgIpc) is 1.02. The molecular weight excluding hydrogens is 1450 g/mol. The van der Waals surface area contributed by atoms with Gasteiger partial charge in [-0.25, -0.2) is 0 Å². The second-order valence-electron chi connectivity index (χ2n) is 25.4. The Bertz CT molecular complexity index is 2140. The molecule has 0 fully saturated rings. The third-order valence-electron chi connectivity index (χ3n) is 15.0. The fourth-order valence-corrected chi connectivity index (χ4v) is 13.4. The van der Waals surface area contributed by atoms with E-state index in [-0.39, 0.29) is 57.7 Å². The molecule has 0 aliphatic heterocycles. The standard InChI is InChI=1S/C25H45O8PS2.C19H36NO8PS.C16H32S.C15H28.C6H14.CH4/c1-4-6-7-8-9-10-11-12-13-14-15-16-18-36-22-24(26)30-19-23(33-25(27)21-35-3)20-32-34(28,29)31-17-5-2;1-3-4-5-6-7-8-9-10-13-30-16-19(22)25-14-18(28-17(2)21)15-27-29(23,24)26-12-11-20;1-3-5-6-7-8-9-10-11-12-13-14-15-16-17-4-2;1-3-5-7-9-11-13-15-14-12-10-8-6-4-2;1-3-5-6-4-2;/h23H,4-5,8-22H2,1-3H3,(H,28,29);5-6,18H,3-4,7-16,20H2,1-2H3,(H,23,24);10-11H,3-9,12-16H2,1-2H3;3-5,7,9-15H2,1-2H3;3-6H2,1-2H3;1H4/p-1/b;6-5-;11-10-;;;. The van der Waals surface area contributed by atoms with Gasteiger partial charge in [0.25, 0.3) is 15.6 Å². The molecule has 0 aliphatic rings. The Morgan fingerprint density at radius 3 is 1.12 bits per heavy atom. The van der Waals surface area contributed by atoms with Crippen molar-refractivity contribution < 1.29 is 80.9 Å². The summed E-state index contributed by atoms with van der Waals surface area (Å²) in [5.41, 5.74) is 3.46. The third kappa shape index (κ3) is 106. The number of quaternary nitrogens is 1. The lowest BCUT2D eigenvalue weighted by molar-refractivity contribution is -0.373. The highest BCUT2D eigenvalue weighted by Crippen LogP contribution is 2.39. The number of hydrogen-bond donors (Lipinski definition) is 1. The first-order valence-corrected chi connectivity index (χ1v) is 48.3. The van der Waals surface area contributed by atoms with E-state index in [1.54, 1.807) is 13.2 Å². The minimum absolute atomic E-state index is 0. The normalized spacial score (nSPS) is 12.4. The summed E-state index contributed by atoms with van der Waals surface area (Å²) in [4.78, 5) is 70.1. The van der Waals surface area contributed by atoms with Gasteiger partial charge in [-0.2, -0.15) is 47.0 Å². The van der Waals surface area contributed by atoms with Gasteiger partial charge < -0.3 is 52.6 Å². The third-order valence-corrected chi connectivity index (χ3v) is 20.4. The predicted molar refractivity (Wildman–Crippen MR) is 450 cm³/mol. The second-order valence-corrected chi connectivity index (χ2v) is 32.7. The molecule has 0 rings (SSSR count). The number of unbranched alkanes of at least 4 members (excludes halogenated alkanes) is 32. The van der Waals surface area contributed by atoms with E-state index in [4.69, 9.17) is 23.5 Å². The van der Waals surface area contributed by atoms with Gasteiger partial charge in [0, 0.05) is 32.6 Å². The smallest absolute Gasteiger partial charge is 0.316 e. The van der Waals surface area contributed by atoms with Crippen molar-refractivity contribution in [1.82, 2.24) is 0 Å². The summed E-state index contributed by atoms with van der Waals surface area (Å²) in [6.07, 6.45) is 61.7. The van der Waals surface area contributed by atoms with Gasteiger partial charge in [-0.15, -0.1) is 23.7 Å². The van der Waals surface area contributed by atoms with Gasteiger partial charge in [-0.05, 0) is 113 Å². The number of rotatable bonds is 67. The molecule has 622 valence electrons. The van der Waals surface area contributed by atoms with Crippen molar-refractivity contribution in [1.29, 1.82) is 0 Å². The molecule has 0 aromatic carbocycles. The molecule has 0 saturated carbocycles. The second kappa shape index (κ2) is 96.3. The molecule has 0 heterocycles. The molecule has 3 N–H and O–H groups in total. The van der Waals surface area contributed by atoms with E-state index >= 15 is 0 Å². The molecule has 105 heavy (non-hydrogen) atoms. The fraction of sp³-hybridized carbons (Fsp3) is 0.854. The molecule has 0 radical (unpaired) electrons. The van der Waals surface area contributed by atoms with Gasteiger partial charge in [0.05, 0.1) is 43.6 Å². The van der Waals surface area contributed by atoms with Crippen LogP contribution in [0.15, 0.2) is 24.3 Å². The van der Waals surface area contributed by atoms with E-state index in [0.29, 0.717) is 6.42 Å². The van der Waals surface area contributed by atoms with Crippen LogP contribution in [0.5, 0.6) is 0 Å². The number of ether oxygens (including phenoxy) is 4. The lowest BCUT2D eigenvalue weighted by Crippen LogP contribution is -2.52. The van der Waals surface area contributed by atoms with Crippen molar-refractivity contribution in [2.24, 2.45) is 0 Å². The van der Waals surface area contributed by atoms with Crippen molar-refractivity contribution >= 4 is 86.6 Å². The first-order chi connectivity index (χ1) is 50.4. The van der Waals surface area contributed by atoms with Crippen molar-refractivity contribution in [2.75, 3.05) is 92.7 Å². The summed E-state index contributed by atoms with van der Waals surface area (Å²) in [6, 6.07) is 0. The maximum Gasteiger partial charge on any atom is 0.316 e. The molecule has 0 aromatic heterocycles. The zero-order valence-electron chi connectivity index (χ0n) is 67.8. The molecule has 4 unspecified atom stereocenters. The Morgan fingerprint density at radius 2 is 0.752 bits per heavy atom. The predicted octanol–water partition coefficient (Wildman–Crippen LogP) is 22.0. The van der Waals surface area contributed by atoms with Crippen LogP contribution in [0.2, 0.25) is 0 Å². The van der Waals surface area contributed by atoms with Crippen molar-refractivity contribution in [2.45, 2.75) is 359 Å². The highest BCUT2D eigenvalue weighted by atomic mass is 32.2. The number of hydrogen-bond acceptors (Lipinski definition) is 20. The van der Waals surface area contributed by atoms with E-state index in [2.05, 4.69) is 134 Å². The minimum atomic E-state index is -4.52. The van der Waals surface area contributed by atoms with Crippen LogP contribution in [0.4, 0.5) is 0 Å². The van der Waals surface area contributed by atoms with E-state index < -0.39 is 64.9 Å². The molecule has 0 aromatic rings. The largest absolute Gasteiger partial charge is 0.756 e. The fourth-order valence-electron chi connectivity index (χ4n) is 9.24. The van der Waals surface area contributed by atoms with Gasteiger partial charge in [-0.1, -0.05) is 255 Å². The summed E-state index contributed by atoms with van der Waals surface area (Å²) in [6.45, 7) is 19.1. The first-order valence-electron chi connectivity index (χ1n) is 40.5. The molecular formula is C82H158NO16P2S4-. The summed E-state index contributed by atoms with van der Waals surface area (Å²) >= 11 is 6.31. The van der Waals surface area contributed by atoms with Crippen LogP contribution < -0.4 is 15.5 Å². The number of esters is 4. The summed E-state index contributed by atoms with van der Waals surface area (Å²) in [5.74, 6) is 15.3. The van der Waals surface area contributed by atoms with Crippen LogP contribution in [0, 0.1) is 23.7 Å². The SMILES string of the molecule is C.CCC#CCCCCCCCCCCC.CCC#CCCCCCCCCCCSCC(=O)OCC(COP(=O)([O-])OCCC)OC(=O)CSC.CCC/C=C\CCCCCSCC(=O)OCC(COP(=O)([O-])OCC[NH3+])OC(C)=O.CCCCCC.CCCCCCC/C=C\CCCCCSCC. The van der Waals surface area contributed by atoms with Crippen LogP contribution in [0.1, 0.15) is 346 Å². The van der Waals surface area contributed by atoms with Gasteiger partial charge in [0.1, 0.15) is 19.8 Å². The Balaban J connectivity index is -0.000000317. The lowest BCUT2D eigenvalue weighted by Gasteiger charge is -2.25. The van der Waals surface area contributed by atoms with Gasteiger partial charge in [0.2, 0.25) is 0 Å². The van der Waals surface area contributed by atoms with Gasteiger partial charge in [-0.3, -0.25) is 28.3 Å². The van der Waals surface area contributed by atoms with E-state index in [1.807, 2.05) is 0 Å². The molecule has 4 atom stereocenters. The number of thioether (sulfide) groups is 4. The number of carbonyl (C=O) groups is 4. The molecule has 23 heteroatoms. The van der Waals surface area contributed by atoms with Crippen molar-refractivity contribution in [3.8, 4) is 23.7 Å². The van der Waals surface area contributed by atoms with E-state index in [9.17, 15) is 38.1 Å². The van der Waals surface area contributed by atoms with Crippen molar-refractivity contribution in [3.63, 3.8) is 0 Å². The Labute approximate surface area is 662 Å². The molecule has 0 spiro atoms. The average molecular weight is 1600 g/mol. The van der Waals surface area contributed by atoms with Crippen LogP contribution >= 0.6 is 62.7 Å². The highest BCUT2D eigenvalue weighted by molar-refractivity contribution is 8.00. The lowest BCUT2D eigenvalue weighted by atomic mass is 10.1. The zero-order valence-corrected chi connectivity index (χ0v) is 72.9. The number of allylic oxidation sites excluding steroid dienone is 4. The van der Waals surface area contributed by atoms with E-state index in [1.165, 1.54) is 246 Å². The Kier molecular flexibility index (Phi) is 104. The topological polar surface area (TPSA) is 250 Å². The minimum Gasteiger partial charge on any atom is -0.756 e. The molecule has 0 bridgehead atoms. The molecule has 17 nitrogen and oxygen atoms in total. The van der Waals surface area contributed by atoms with Crippen molar-refractivity contribution in [3.05, 3.63) is 24.3 Å². The summed E-state index contributed by atoms with van der Waals surface area (Å²) in [5, 5.41) is 0. The Morgan fingerprint density at radius 1 is 0.400 bits per heavy atom. The Hall–Kier alpha value is -1.94. The summed E-state index contributed by atoms with van der Waals surface area (Å²) in [7, 11) is -9.03. The number of phosphoric acid groups is 2. The highest BCUT2D eigenvalue weighted by Gasteiger charge is 2.22. The maximum absolute atomic E-state index is 12.0. The van der Waals surface area contributed by atoms with Gasteiger partial charge >= 0.3 is 23.9 Å². The number of carbonyl (C=O) groups excluding carboxylic acids is 4. The number of phosphoric ester groups is 2. The van der Waals surface area contributed by atoms with Crippen LogP contribution in [0.25, 0.3) is 0 Å². The summed E-state index contributed by atoms with van der Waals surface area (Å²) < 4.78 is 62.3. The van der Waals surface area contributed by atoms with Gasteiger partial charge in [0.15, 0.2) is 12.2 Å². The molecule has 0 saturated heterocycles. The van der Waals surface area contributed by atoms with Crippen LogP contribution in [0.3, 0.4) is 0 Å². The quantitative estimate of drug-likeness (QED) is 0.0148. The monoisotopic (exact) mass is 1600 g/mol. The van der Waals surface area contributed by atoms with E-state index in [0.717, 1.165) is 82.1 Å². The molecule has 0 aliphatic carbocycles. The first kappa shape index (κ1) is 114. The molecule has 0 amide bonds. The zero-order chi connectivity index (χ0) is 78.2. The van der Waals surface area contributed by atoms with Crippen LogP contribution in [-0.2, 0) is 65.4 Å². The maximum atomic E-state index is 12.0.